The third-order valence-electron chi connectivity index (χ3n) is 4.24. The van der Waals surface area contributed by atoms with Crippen LogP contribution in [-0.4, -0.2) is 35.5 Å². The van der Waals surface area contributed by atoms with Crippen molar-refractivity contribution in [2.45, 2.75) is 31.9 Å². The molecular formula is C18H22N2O3. The van der Waals surface area contributed by atoms with E-state index >= 15 is 0 Å². The number of nitrogens with one attached hydrogen (secondary N) is 1. The van der Waals surface area contributed by atoms with Gasteiger partial charge in [0.2, 0.25) is 0 Å². The van der Waals surface area contributed by atoms with E-state index in [1.807, 2.05) is 47.5 Å². The van der Waals surface area contributed by atoms with Gasteiger partial charge in [-0.3, -0.25) is 4.79 Å². The predicted molar refractivity (Wildman–Crippen MR) is 87.6 cm³/mol. The highest BCUT2D eigenvalue weighted by molar-refractivity contribution is 5.81. The number of benzene rings is 1. The minimum Gasteiger partial charge on any atom is -0.497 e. The van der Waals surface area contributed by atoms with Crippen LogP contribution in [0.2, 0.25) is 0 Å². The number of methoxy groups -OCH3 is 1. The van der Waals surface area contributed by atoms with Crippen molar-refractivity contribution < 1.29 is 14.3 Å². The molecule has 122 valence electrons. The van der Waals surface area contributed by atoms with Crippen molar-refractivity contribution >= 4 is 5.91 Å². The lowest BCUT2D eigenvalue weighted by Gasteiger charge is -2.27. The van der Waals surface area contributed by atoms with Crippen LogP contribution in [0.25, 0.3) is 0 Å². The fraction of sp³-hybridized carbons (Fsp3) is 0.389. The van der Waals surface area contributed by atoms with Gasteiger partial charge in [-0.2, -0.15) is 0 Å². The van der Waals surface area contributed by atoms with Gasteiger partial charge in [-0.15, -0.1) is 0 Å². The maximum Gasteiger partial charge on any atom is 0.263 e. The summed E-state index contributed by atoms with van der Waals surface area (Å²) in [6.45, 7) is 2.58. The number of aromatic nitrogens is 1. The Labute approximate surface area is 136 Å². The molecule has 1 saturated heterocycles. The molecule has 2 heterocycles. The quantitative estimate of drug-likeness (QED) is 0.922. The molecule has 1 aliphatic heterocycles. The van der Waals surface area contributed by atoms with Crippen molar-refractivity contribution in [1.29, 1.82) is 0 Å². The van der Waals surface area contributed by atoms with E-state index < -0.39 is 6.10 Å². The first-order valence-corrected chi connectivity index (χ1v) is 7.93. The first-order valence-electron chi connectivity index (χ1n) is 7.93. The molecule has 2 aromatic rings. The second-order valence-electron chi connectivity index (χ2n) is 5.75. The molecule has 0 unspecified atom stereocenters. The molecule has 0 radical (unpaired) electrons. The Kier molecular flexibility index (Phi) is 4.55. The van der Waals surface area contributed by atoms with E-state index in [1.54, 1.807) is 14.0 Å². The van der Waals surface area contributed by atoms with E-state index in [1.165, 1.54) is 0 Å². The summed E-state index contributed by atoms with van der Waals surface area (Å²) < 4.78 is 10.9. The predicted octanol–water partition coefficient (Wildman–Crippen LogP) is 3.15. The SMILES string of the molecule is COc1ccc(O[C@H](C)C(=O)N2CCC[C@@H]2c2ccc[nH]2)cc1. The molecule has 1 fully saturated rings. The van der Waals surface area contributed by atoms with Crippen LogP contribution in [0.4, 0.5) is 0 Å². The highest BCUT2D eigenvalue weighted by Crippen LogP contribution is 2.31. The number of hydrogen-bond donors (Lipinski definition) is 1. The summed E-state index contributed by atoms with van der Waals surface area (Å²) in [5, 5.41) is 0. The van der Waals surface area contributed by atoms with Gasteiger partial charge in [0.05, 0.1) is 13.2 Å². The number of carbonyl (C=O) groups is 1. The van der Waals surface area contributed by atoms with Crippen LogP contribution in [0.1, 0.15) is 31.5 Å². The van der Waals surface area contributed by atoms with E-state index in [0.29, 0.717) is 5.75 Å². The number of amides is 1. The summed E-state index contributed by atoms with van der Waals surface area (Å²) >= 11 is 0. The van der Waals surface area contributed by atoms with Crippen molar-refractivity contribution in [2.75, 3.05) is 13.7 Å². The van der Waals surface area contributed by atoms with Gasteiger partial charge in [0.1, 0.15) is 11.5 Å². The molecule has 1 aromatic heterocycles. The first kappa shape index (κ1) is 15.5. The molecule has 5 heteroatoms. The van der Waals surface area contributed by atoms with Crippen molar-refractivity contribution in [2.24, 2.45) is 0 Å². The van der Waals surface area contributed by atoms with Gasteiger partial charge in [-0.1, -0.05) is 0 Å². The van der Waals surface area contributed by atoms with Crippen molar-refractivity contribution in [3.63, 3.8) is 0 Å². The molecule has 3 rings (SSSR count). The summed E-state index contributed by atoms with van der Waals surface area (Å²) in [7, 11) is 1.62. The zero-order valence-corrected chi connectivity index (χ0v) is 13.5. The molecule has 1 N–H and O–H groups in total. The lowest BCUT2D eigenvalue weighted by molar-refractivity contribution is -0.139. The Balaban J connectivity index is 1.66. The Morgan fingerprint density at radius 1 is 1.26 bits per heavy atom. The minimum absolute atomic E-state index is 0.0259. The van der Waals surface area contributed by atoms with Crippen LogP contribution in [0.3, 0.4) is 0 Å². The van der Waals surface area contributed by atoms with Crippen LogP contribution >= 0.6 is 0 Å². The molecule has 1 aliphatic rings. The molecule has 0 spiro atoms. The molecule has 2 atom stereocenters. The number of aromatic amines is 1. The van der Waals surface area contributed by atoms with Crippen molar-refractivity contribution in [3.05, 3.63) is 48.3 Å². The normalized spacial score (nSPS) is 18.7. The molecular weight excluding hydrogens is 292 g/mol. The lowest BCUT2D eigenvalue weighted by Crippen LogP contribution is -2.40. The number of hydrogen-bond acceptors (Lipinski definition) is 3. The third kappa shape index (κ3) is 3.33. The van der Waals surface area contributed by atoms with Gasteiger partial charge in [0.25, 0.3) is 5.91 Å². The fourth-order valence-electron chi connectivity index (χ4n) is 3.05. The summed E-state index contributed by atoms with van der Waals surface area (Å²) in [4.78, 5) is 17.9. The zero-order valence-electron chi connectivity index (χ0n) is 13.5. The van der Waals surface area contributed by atoms with Gasteiger partial charge in [-0.05, 0) is 56.2 Å². The average Bonchev–Trinajstić information content (AvgIpc) is 3.25. The smallest absolute Gasteiger partial charge is 0.263 e. The number of ether oxygens (including phenoxy) is 2. The molecule has 0 bridgehead atoms. The van der Waals surface area contributed by atoms with E-state index in [0.717, 1.165) is 30.8 Å². The van der Waals surface area contributed by atoms with Crippen molar-refractivity contribution in [1.82, 2.24) is 9.88 Å². The highest BCUT2D eigenvalue weighted by atomic mass is 16.5. The summed E-state index contributed by atoms with van der Waals surface area (Å²) in [6, 6.07) is 11.4. The van der Waals surface area contributed by atoms with Gasteiger partial charge >= 0.3 is 0 Å². The van der Waals surface area contributed by atoms with Crippen LogP contribution in [0.15, 0.2) is 42.6 Å². The second-order valence-corrected chi connectivity index (χ2v) is 5.75. The number of nitrogens with zero attached hydrogens (tertiary/aromatic N) is 1. The van der Waals surface area contributed by atoms with E-state index in [9.17, 15) is 4.79 Å². The van der Waals surface area contributed by atoms with Gasteiger partial charge in [0.15, 0.2) is 6.10 Å². The molecule has 1 aromatic carbocycles. The summed E-state index contributed by atoms with van der Waals surface area (Å²) in [5.41, 5.74) is 1.09. The maximum atomic E-state index is 12.7. The number of H-pyrrole nitrogens is 1. The maximum absolute atomic E-state index is 12.7. The Morgan fingerprint density at radius 2 is 2.00 bits per heavy atom. The number of rotatable bonds is 5. The van der Waals surface area contributed by atoms with Crippen LogP contribution in [0, 0.1) is 0 Å². The minimum atomic E-state index is -0.515. The molecule has 0 aliphatic carbocycles. The Hall–Kier alpha value is -2.43. The fourth-order valence-corrected chi connectivity index (χ4v) is 3.05. The van der Waals surface area contributed by atoms with Gasteiger partial charge in [-0.25, -0.2) is 0 Å². The highest BCUT2D eigenvalue weighted by Gasteiger charge is 2.33. The van der Waals surface area contributed by atoms with Crippen LogP contribution < -0.4 is 9.47 Å². The Bertz CT molecular complexity index is 637. The second kappa shape index (κ2) is 6.77. The third-order valence-corrected chi connectivity index (χ3v) is 4.24. The summed E-state index contributed by atoms with van der Waals surface area (Å²) in [6.07, 6.45) is 3.39. The van der Waals surface area contributed by atoms with Crippen LogP contribution in [-0.2, 0) is 4.79 Å². The zero-order chi connectivity index (χ0) is 16.2. The lowest BCUT2D eigenvalue weighted by atomic mass is 10.1. The average molecular weight is 314 g/mol. The topological polar surface area (TPSA) is 54.6 Å². The van der Waals surface area contributed by atoms with Gasteiger partial charge in [0, 0.05) is 18.4 Å². The number of likely N-dealkylation sites (tertiary alicyclic amines) is 1. The van der Waals surface area contributed by atoms with Crippen LogP contribution in [0.5, 0.6) is 11.5 Å². The monoisotopic (exact) mass is 314 g/mol. The molecule has 5 nitrogen and oxygen atoms in total. The molecule has 23 heavy (non-hydrogen) atoms. The van der Waals surface area contributed by atoms with E-state index in [2.05, 4.69) is 4.98 Å². The van der Waals surface area contributed by atoms with Crippen molar-refractivity contribution in [3.8, 4) is 11.5 Å². The van der Waals surface area contributed by atoms with E-state index in [-0.39, 0.29) is 11.9 Å². The number of carbonyl (C=O) groups excluding carboxylic acids is 1. The summed E-state index contributed by atoms with van der Waals surface area (Å²) in [5.74, 6) is 1.46. The Morgan fingerprint density at radius 3 is 2.65 bits per heavy atom. The standard InChI is InChI=1S/C18H22N2O3/c1-13(23-15-9-7-14(22-2)8-10-15)18(21)20-12-4-6-17(20)16-5-3-11-19-16/h3,5,7-11,13,17,19H,4,6,12H2,1-2H3/t13-,17-/m1/s1. The van der Waals surface area contributed by atoms with Gasteiger partial charge < -0.3 is 19.4 Å². The molecule has 0 saturated carbocycles. The van der Waals surface area contributed by atoms with E-state index in [4.69, 9.17) is 9.47 Å². The largest absolute Gasteiger partial charge is 0.497 e. The molecule has 1 amide bonds. The first-order chi connectivity index (χ1) is 11.2.